The van der Waals surface area contributed by atoms with Gasteiger partial charge in [0.15, 0.2) is 5.82 Å². The molecule has 1 atom stereocenters. The molecule has 0 radical (unpaired) electrons. The number of primary amides is 1. The third-order valence-corrected chi connectivity index (χ3v) is 6.55. The van der Waals surface area contributed by atoms with Crippen LogP contribution in [-0.2, 0) is 11.8 Å². The number of piperidine rings is 1. The van der Waals surface area contributed by atoms with Crippen molar-refractivity contribution in [3.8, 4) is 11.4 Å². The Morgan fingerprint density at radius 3 is 2.45 bits per heavy atom. The fourth-order valence-electron chi connectivity index (χ4n) is 4.93. The highest BCUT2D eigenvalue weighted by molar-refractivity contribution is 5.97. The summed E-state index contributed by atoms with van der Waals surface area (Å²) >= 11 is 0. The van der Waals surface area contributed by atoms with E-state index in [0.717, 1.165) is 49.3 Å². The van der Waals surface area contributed by atoms with Crippen LogP contribution in [0.5, 0.6) is 0 Å². The molecular formula is C25H24N4O2. The molecule has 1 spiro atoms. The molecule has 5 rings (SSSR count). The number of rotatable bonds is 3. The van der Waals surface area contributed by atoms with Crippen molar-refractivity contribution in [3.05, 3.63) is 83.2 Å². The van der Waals surface area contributed by atoms with Crippen molar-refractivity contribution >= 4 is 11.8 Å². The Morgan fingerprint density at radius 2 is 1.71 bits per heavy atom. The predicted molar refractivity (Wildman–Crippen MR) is 118 cm³/mol. The molecule has 1 fully saturated rings. The number of carbonyl (C=O) groups is 2. The quantitative estimate of drug-likeness (QED) is 0.714. The number of hydrogen-bond acceptors (Lipinski definition) is 4. The Hall–Kier alpha value is -3.54. The van der Waals surface area contributed by atoms with Crippen molar-refractivity contribution in [2.45, 2.75) is 31.1 Å². The average Bonchev–Trinajstić information content (AvgIpc) is 3.16. The summed E-state index contributed by atoms with van der Waals surface area (Å²) in [6.45, 7) is 1.38. The number of aromatic nitrogens is 2. The number of aryl methyl sites for hydroxylation is 1. The van der Waals surface area contributed by atoms with E-state index >= 15 is 0 Å². The summed E-state index contributed by atoms with van der Waals surface area (Å²) in [5.41, 5.74) is 9.47. The minimum Gasteiger partial charge on any atom is -0.366 e. The van der Waals surface area contributed by atoms with Gasteiger partial charge in [-0.25, -0.2) is 9.97 Å². The summed E-state index contributed by atoms with van der Waals surface area (Å²) in [6.07, 6.45) is 5.85. The molecule has 0 bridgehead atoms. The molecule has 2 N–H and O–H groups in total. The van der Waals surface area contributed by atoms with Crippen LogP contribution in [0.2, 0.25) is 0 Å². The van der Waals surface area contributed by atoms with Gasteiger partial charge in [0.25, 0.3) is 5.91 Å². The van der Waals surface area contributed by atoms with Gasteiger partial charge in [0.2, 0.25) is 5.91 Å². The Balaban J connectivity index is 1.43. The summed E-state index contributed by atoms with van der Waals surface area (Å²) in [5.74, 6) is 0.236. The standard InChI is InChI=1S/C25H24N4O2/c26-22(30)17-7-9-19(10-8-17)24(31)29-14-4-12-25(16-29)13-11-20-15-27-23(28-21(20)25)18-5-2-1-3-6-18/h1-3,5-10,15H,4,11-14,16H2,(H2,26,30). The van der Waals surface area contributed by atoms with Crippen LogP contribution in [-0.4, -0.2) is 39.8 Å². The van der Waals surface area contributed by atoms with Crippen LogP contribution >= 0.6 is 0 Å². The van der Waals surface area contributed by atoms with E-state index in [1.54, 1.807) is 24.3 Å². The lowest BCUT2D eigenvalue weighted by Crippen LogP contribution is -2.48. The van der Waals surface area contributed by atoms with Crippen molar-refractivity contribution in [1.82, 2.24) is 14.9 Å². The second kappa shape index (κ2) is 7.61. The highest BCUT2D eigenvalue weighted by atomic mass is 16.2. The fourth-order valence-corrected chi connectivity index (χ4v) is 4.93. The van der Waals surface area contributed by atoms with E-state index in [4.69, 9.17) is 10.7 Å². The van der Waals surface area contributed by atoms with E-state index in [1.165, 1.54) is 5.56 Å². The molecule has 1 aliphatic carbocycles. The lowest BCUT2D eigenvalue weighted by Gasteiger charge is -2.40. The van der Waals surface area contributed by atoms with Crippen LogP contribution < -0.4 is 5.73 Å². The van der Waals surface area contributed by atoms with Gasteiger partial charge in [0.05, 0.1) is 5.69 Å². The first-order chi connectivity index (χ1) is 15.1. The van der Waals surface area contributed by atoms with E-state index in [2.05, 4.69) is 4.98 Å². The van der Waals surface area contributed by atoms with Gasteiger partial charge in [-0.05, 0) is 55.5 Å². The molecular weight excluding hydrogens is 388 g/mol. The summed E-state index contributed by atoms with van der Waals surface area (Å²) in [6, 6.07) is 16.6. The van der Waals surface area contributed by atoms with E-state index < -0.39 is 5.91 Å². The molecule has 3 aromatic rings. The maximum absolute atomic E-state index is 13.2. The maximum atomic E-state index is 13.2. The molecule has 2 heterocycles. The van der Waals surface area contributed by atoms with Crippen LogP contribution in [0.1, 0.15) is 51.2 Å². The number of nitrogens with two attached hydrogens (primary N) is 1. The van der Waals surface area contributed by atoms with Crippen LogP contribution in [0.25, 0.3) is 11.4 Å². The first-order valence-corrected chi connectivity index (χ1v) is 10.7. The number of benzene rings is 2. The summed E-state index contributed by atoms with van der Waals surface area (Å²) in [5, 5.41) is 0. The second-order valence-electron chi connectivity index (χ2n) is 8.49. The Labute approximate surface area is 181 Å². The molecule has 1 unspecified atom stereocenters. The highest BCUT2D eigenvalue weighted by Gasteiger charge is 2.44. The number of amides is 2. The summed E-state index contributed by atoms with van der Waals surface area (Å²) < 4.78 is 0. The smallest absolute Gasteiger partial charge is 0.253 e. The number of hydrogen-bond donors (Lipinski definition) is 1. The predicted octanol–water partition coefficient (Wildman–Crippen LogP) is 3.36. The van der Waals surface area contributed by atoms with Gasteiger partial charge in [0.1, 0.15) is 0 Å². The molecule has 2 aliphatic rings. The average molecular weight is 412 g/mol. The fraction of sp³-hybridized carbons (Fsp3) is 0.280. The minimum atomic E-state index is -0.493. The van der Waals surface area contributed by atoms with Gasteiger partial charge in [-0.1, -0.05) is 30.3 Å². The van der Waals surface area contributed by atoms with Crippen molar-refractivity contribution in [3.63, 3.8) is 0 Å². The molecule has 2 amide bonds. The largest absolute Gasteiger partial charge is 0.366 e. The third kappa shape index (κ3) is 3.48. The van der Waals surface area contributed by atoms with Gasteiger partial charge in [-0.2, -0.15) is 0 Å². The first-order valence-electron chi connectivity index (χ1n) is 10.7. The van der Waals surface area contributed by atoms with E-state index in [-0.39, 0.29) is 11.3 Å². The number of nitrogens with zero attached hydrogens (tertiary/aromatic N) is 3. The van der Waals surface area contributed by atoms with Crippen molar-refractivity contribution in [2.75, 3.05) is 13.1 Å². The Kier molecular flexibility index (Phi) is 4.77. The Bertz CT molecular complexity index is 1140. The lowest BCUT2D eigenvalue weighted by atomic mass is 9.77. The van der Waals surface area contributed by atoms with Crippen molar-refractivity contribution in [1.29, 1.82) is 0 Å². The minimum absolute atomic E-state index is 0.0131. The van der Waals surface area contributed by atoms with Crippen molar-refractivity contribution < 1.29 is 9.59 Å². The third-order valence-electron chi connectivity index (χ3n) is 6.55. The van der Waals surface area contributed by atoms with Crippen LogP contribution in [0, 0.1) is 0 Å². The van der Waals surface area contributed by atoms with Crippen LogP contribution in [0.15, 0.2) is 60.8 Å². The maximum Gasteiger partial charge on any atom is 0.253 e. The SMILES string of the molecule is NC(=O)c1ccc(C(=O)N2CCCC3(CCc4cnc(-c5ccccc5)nc43)C2)cc1. The van der Waals surface area contributed by atoms with Crippen LogP contribution in [0.4, 0.5) is 0 Å². The summed E-state index contributed by atoms with van der Waals surface area (Å²) in [7, 11) is 0. The van der Waals surface area contributed by atoms with Gasteiger partial charge < -0.3 is 10.6 Å². The monoisotopic (exact) mass is 412 g/mol. The molecule has 1 saturated heterocycles. The zero-order valence-electron chi connectivity index (χ0n) is 17.3. The molecule has 1 aliphatic heterocycles. The van der Waals surface area contributed by atoms with Gasteiger partial charge in [-0.3, -0.25) is 9.59 Å². The van der Waals surface area contributed by atoms with Gasteiger partial charge >= 0.3 is 0 Å². The van der Waals surface area contributed by atoms with Crippen molar-refractivity contribution in [2.24, 2.45) is 5.73 Å². The molecule has 6 heteroatoms. The second-order valence-corrected chi connectivity index (χ2v) is 8.49. The highest BCUT2D eigenvalue weighted by Crippen LogP contribution is 2.44. The normalized spacial score (nSPS) is 19.9. The lowest BCUT2D eigenvalue weighted by molar-refractivity contribution is 0.0633. The molecule has 1 aromatic heterocycles. The zero-order chi connectivity index (χ0) is 21.4. The molecule has 6 nitrogen and oxygen atoms in total. The Morgan fingerprint density at radius 1 is 0.968 bits per heavy atom. The van der Waals surface area contributed by atoms with E-state index in [0.29, 0.717) is 17.7 Å². The molecule has 156 valence electrons. The molecule has 2 aromatic carbocycles. The van der Waals surface area contributed by atoms with Gasteiger partial charge in [-0.15, -0.1) is 0 Å². The topological polar surface area (TPSA) is 89.2 Å². The van der Waals surface area contributed by atoms with Gasteiger partial charge in [0, 0.05) is 41.4 Å². The molecule has 31 heavy (non-hydrogen) atoms. The van der Waals surface area contributed by atoms with E-state index in [9.17, 15) is 9.59 Å². The number of carbonyl (C=O) groups excluding carboxylic acids is 2. The number of likely N-dealkylation sites (tertiary alicyclic amines) is 1. The molecule has 0 saturated carbocycles. The van der Waals surface area contributed by atoms with Crippen LogP contribution in [0.3, 0.4) is 0 Å². The van der Waals surface area contributed by atoms with E-state index in [1.807, 2.05) is 41.4 Å². The number of fused-ring (bicyclic) bond motifs is 2. The summed E-state index contributed by atoms with van der Waals surface area (Å²) in [4.78, 5) is 36.0. The zero-order valence-corrected chi connectivity index (χ0v) is 17.3. The first kappa shape index (κ1) is 19.4.